The van der Waals surface area contributed by atoms with Gasteiger partial charge in [-0.1, -0.05) is 24.3 Å². The molecule has 0 bridgehead atoms. The van der Waals surface area contributed by atoms with Crippen LogP contribution >= 0.6 is 0 Å². The van der Waals surface area contributed by atoms with E-state index in [0.29, 0.717) is 12.6 Å². The smallest absolute Gasteiger partial charge is 0.119 e. The van der Waals surface area contributed by atoms with Gasteiger partial charge in [0, 0.05) is 6.04 Å². The molecule has 0 saturated heterocycles. The highest BCUT2D eigenvalue weighted by Crippen LogP contribution is 2.13. The first-order valence-electron chi connectivity index (χ1n) is 5.34. The molecule has 0 saturated carbocycles. The van der Waals surface area contributed by atoms with Crippen molar-refractivity contribution in [1.82, 2.24) is 5.32 Å². The van der Waals surface area contributed by atoms with Crippen molar-refractivity contribution < 1.29 is 4.74 Å². The second kappa shape index (κ2) is 6.25. The number of hydrogen-bond acceptors (Lipinski definition) is 2. The van der Waals surface area contributed by atoms with Gasteiger partial charge in [-0.25, -0.2) is 0 Å². The zero-order valence-corrected chi connectivity index (χ0v) is 9.66. The Morgan fingerprint density at radius 2 is 2.00 bits per heavy atom. The summed E-state index contributed by atoms with van der Waals surface area (Å²) in [5.41, 5.74) is 1.19. The summed E-state index contributed by atoms with van der Waals surface area (Å²) in [7, 11) is 1.95. The summed E-state index contributed by atoms with van der Waals surface area (Å²) in [6.45, 7) is 4.82. The fourth-order valence-corrected chi connectivity index (χ4v) is 1.19. The fraction of sp³-hybridized carbons (Fsp3) is 0.385. The first-order valence-corrected chi connectivity index (χ1v) is 5.34. The molecule has 2 nitrogen and oxygen atoms in total. The molecular weight excluding hydrogens is 186 g/mol. The van der Waals surface area contributed by atoms with Crippen LogP contribution in [0.3, 0.4) is 0 Å². The lowest BCUT2D eigenvalue weighted by molar-refractivity contribution is 0.340. The number of nitrogens with one attached hydrogen (secondary N) is 1. The summed E-state index contributed by atoms with van der Waals surface area (Å²) < 4.78 is 5.37. The molecule has 0 spiro atoms. The molecule has 1 aromatic rings. The van der Waals surface area contributed by atoms with Gasteiger partial charge in [-0.05, 0) is 38.6 Å². The summed E-state index contributed by atoms with van der Waals surface area (Å²) >= 11 is 0. The Hall–Kier alpha value is -1.28. The maximum Gasteiger partial charge on any atom is 0.119 e. The van der Waals surface area contributed by atoms with Crippen LogP contribution in [0.4, 0.5) is 0 Å². The van der Waals surface area contributed by atoms with E-state index in [1.807, 2.05) is 26.1 Å². The minimum absolute atomic E-state index is 0.400. The van der Waals surface area contributed by atoms with Gasteiger partial charge in [0.25, 0.3) is 0 Å². The zero-order valence-electron chi connectivity index (χ0n) is 9.66. The highest BCUT2D eigenvalue weighted by atomic mass is 16.5. The second-order valence-corrected chi connectivity index (χ2v) is 3.44. The topological polar surface area (TPSA) is 21.3 Å². The Balaban J connectivity index is 2.60. The molecule has 1 aromatic carbocycles. The summed E-state index contributed by atoms with van der Waals surface area (Å²) in [5, 5.41) is 3.16. The van der Waals surface area contributed by atoms with E-state index < -0.39 is 0 Å². The average Bonchev–Trinajstić information content (AvgIpc) is 2.28. The monoisotopic (exact) mass is 205 g/mol. The Labute approximate surface area is 92.0 Å². The highest BCUT2D eigenvalue weighted by molar-refractivity contribution is 5.51. The van der Waals surface area contributed by atoms with E-state index in [0.717, 1.165) is 5.75 Å². The fourth-order valence-electron chi connectivity index (χ4n) is 1.19. The number of rotatable bonds is 5. The number of ether oxygens (including phenoxy) is 1. The van der Waals surface area contributed by atoms with Crippen molar-refractivity contribution in [2.24, 2.45) is 0 Å². The summed E-state index contributed by atoms with van der Waals surface area (Å²) in [4.78, 5) is 0. The van der Waals surface area contributed by atoms with Crippen molar-refractivity contribution in [3.63, 3.8) is 0 Å². The average molecular weight is 205 g/mol. The van der Waals surface area contributed by atoms with E-state index in [1.165, 1.54) is 5.56 Å². The van der Waals surface area contributed by atoms with Gasteiger partial charge in [-0.3, -0.25) is 0 Å². The van der Waals surface area contributed by atoms with Crippen LogP contribution in [0, 0.1) is 0 Å². The molecule has 0 aliphatic rings. The summed E-state index contributed by atoms with van der Waals surface area (Å²) in [6.07, 6.45) is 4.24. The number of likely N-dealkylation sites (N-methyl/N-ethyl adjacent to an activating group) is 1. The van der Waals surface area contributed by atoms with E-state index in [4.69, 9.17) is 4.74 Å². The van der Waals surface area contributed by atoms with Gasteiger partial charge in [-0.2, -0.15) is 0 Å². The predicted octanol–water partition coefficient (Wildman–Crippen LogP) is 2.71. The predicted molar refractivity (Wildman–Crippen MR) is 65.2 cm³/mol. The van der Waals surface area contributed by atoms with Crippen molar-refractivity contribution in [2.45, 2.75) is 19.9 Å². The molecule has 1 rings (SSSR count). The Morgan fingerprint density at radius 1 is 1.33 bits per heavy atom. The molecule has 0 aliphatic heterocycles. The second-order valence-electron chi connectivity index (χ2n) is 3.44. The van der Waals surface area contributed by atoms with Crippen LogP contribution in [0.1, 0.15) is 19.4 Å². The molecule has 0 aliphatic carbocycles. The molecule has 0 heterocycles. The number of hydrogen-bond donors (Lipinski definition) is 1. The maximum absolute atomic E-state index is 5.37. The third-order valence-corrected chi connectivity index (χ3v) is 2.22. The third-order valence-electron chi connectivity index (χ3n) is 2.22. The van der Waals surface area contributed by atoms with Crippen molar-refractivity contribution in [2.75, 3.05) is 13.7 Å². The van der Waals surface area contributed by atoms with Gasteiger partial charge in [0.1, 0.15) is 5.75 Å². The first kappa shape index (κ1) is 11.8. The molecule has 15 heavy (non-hydrogen) atoms. The van der Waals surface area contributed by atoms with E-state index >= 15 is 0 Å². The number of benzene rings is 1. The lowest BCUT2D eigenvalue weighted by Gasteiger charge is -2.04. The van der Waals surface area contributed by atoms with E-state index in [9.17, 15) is 0 Å². The molecular formula is C13H19NO. The van der Waals surface area contributed by atoms with Crippen LogP contribution in [0.15, 0.2) is 30.3 Å². The van der Waals surface area contributed by atoms with Crippen molar-refractivity contribution in [3.05, 3.63) is 35.9 Å². The lowest BCUT2D eigenvalue weighted by Crippen LogP contribution is -2.17. The lowest BCUT2D eigenvalue weighted by atomic mass is 10.2. The summed E-state index contributed by atoms with van der Waals surface area (Å²) in [5.74, 6) is 0.927. The molecule has 0 aromatic heterocycles. The van der Waals surface area contributed by atoms with Crippen LogP contribution in [0.25, 0.3) is 6.08 Å². The molecule has 0 fully saturated rings. The van der Waals surface area contributed by atoms with Gasteiger partial charge in [0.15, 0.2) is 0 Å². The Morgan fingerprint density at radius 3 is 2.53 bits per heavy atom. The maximum atomic E-state index is 5.37. The first-order chi connectivity index (χ1) is 7.26. The van der Waals surface area contributed by atoms with Crippen LogP contribution in [0.5, 0.6) is 5.75 Å². The highest BCUT2D eigenvalue weighted by Gasteiger charge is 1.93. The molecule has 82 valence electrons. The van der Waals surface area contributed by atoms with Crippen LogP contribution < -0.4 is 10.1 Å². The van der Waals surface area contributed by atoms with Crippen LogP contribution in [-0.4, -0.2) is 19.7 Å². The van der Waals surface area contributed by atoms with E-state index in [-0.39, 0.29) is 0 Å². The molecule has 2 heteroatoms. The van der Waals surface area contributed by atoms with Gasteiger partial charge < -0.3 is 10.1 Å². The van der Waals surface area contributed by atoms with Gasteiger partial charge in [0.05, 0.1) is 6.61 Å². The van der Waals surface area contributed by atoms with Crippen LogP contribution in [-0.2, 0) is 0 Å². The molecule has 0 amide bonds. The molecule has 1 N–H and O–H groups in total. The SMILES string of the molecule is CCOc1ccc(/C=C/[C@@H](C)NC)cc1. The molecule has 0 radical (unpaired) electrons. The van der Waals surface area contributed by atoms with E-state index in [1.54, 1.807) is 0 Å². The zero-order chi connectivity index (χ0) is 11.1. The van der Waals surface area contributed by atoms with Crippen molar-refractivity contribution in [3.8, 4) is 5.75 Å². The largest absolute Gasteiger partial charge is 0.494 e. The van der Waals surface area contributed by atoms with Crippen molar-refractivity contribution in [1.29, 1.82) is 0 Å². The van der Waals surface area contributed by atoms with Crippen LogP contribution in [0.2, 0.25) is 0 Å². The standard InChI is InChI=1S/C13H19NO/c1-4-15-13-9-7-12(8-10-13)6-5-11(2)14-3/h5-11,14H,4H2,1-3H3/b6-5+/t11-/m1/s1. The Bertz CT molecular complexity index is 303. The normalized spacial score (nSPS) is 13.0. The molecule has 0 unspecified atom stereocenters. The van der Waals surface area contributed by atoms with E-state index in [2.05, 4.69) is 36.5 Å². The Kier molecular flexibility index (Phi) is 4.91. The molecule has 1 atom stereocenters. The minimum Gasteiger partial charge on any atom is -0.494 e. The van der Waals surface area contributed by atoms with Crippen molar-refractivity contribution >= 4 is 6.08 Å². The minimum atomic E-state index is 0.400. The van der Waals surface area contributed by atoms with Gasteiger partial charge >= 0.3 is 0 Å². The quantitative estimate of drug-likeness (QED) is 0.798. The summed E-state index contributed by atoms with van der Waals surface area (Å²) in [6, 6.07) is 8.50. The van der Waals surface area contributed by atoms with Gasteiger partial charge in [0.2, 0.25) is 0 Å². The third kappa shape index (κ3) is 4.17. The van der Waals surface area contributed by atoms with Gasteiger partial charge in [-0.15, -0.1) is 0 Å².